The largest absolute Gasteiger partial charge is 0.330 e. The summed E-state index contributed by atoms with van der Waals surface area (Å²) in [6.07, 6.45) is 4.38. The highest BCUT2D eigenvalue weighted by molar-refractivity contribution is 5.43. The third-order valence-electron chi connectivity index (χ3n) is 3.47. The number of hydrogen-bond donors (Lipinski definition) is 1. The number of nitrogens with two attached hydrogens (primary N) is 1. The normalized spacial score (nSPS) is 13.5. The van der Waals surface area contributed by atoms with Crippen LogP contribution in [0.2, 0.25) is 0 Å². The summed E-state index contributed by atoms with van der Waals surface area (Å²) in [6.45, 7) is 2.58. The lowest BCUT2D eigenvalue weighted by molar-refractivity contribution is 0.479. The molecule has 19 heavy (non-hydrogen) atoms. The zero-order valence-corrected chi connectivity index (χ0v) is 11.0. The third-order valence-corrected chi connectivity index (χ3v) is 3.47. The van der Waals surface area contributed by atoms with Gasteiger partial charge in [0.1, 0.15) is 0 Å². The van der Waals surface area contributed by atoms with E-state index in [1.165, 1.54) is 0 Å². The minimum Gasteiger partial charge on any atom is -0.330 e. The quantitative estimate of drug-likeness (QED) is 0.907. The molecule has 2 rings (SSSR count). The summed E-state index contributed by atoms with van der Waals surface area (Å²) >= 11 is 0. The molecule has 0 saturated heterocycles. The molecule has 0 aliphatic heterocycles. The van der Waals surface area contributed by atoms with Gasteiger partial charge in [0, 0.05) is 24.4 Å². The summed E-state index contributed by atoms with van der Waals surface area (Å²) in [5.41, 5.74) is 8.55. The Morgan fingerprint density at radius 3 is 2.68 bits per heavy atom. The molecule has 0 radical (unpaired) electrons. The fourth-order valence-corrected chi connectivity index (χ4v) is 2.34. The second-order valence-electron chi connectivity index (χ2n) is 4.96. The lowest BCUT2D eigenvalue weighted by Crippen LogP contribution is -2.35. The van der Waals surface area contributed by atoms with Crippen molar-refractivity contribution in [3.63, 3.8) is 0 Å². The predicted octanol–water partition coefficient (Wildman–Crippen LogP) is 2.41. The molecule has 0 bridgehead atoms. The first-order valence-corrected chi connectivity index (χ1v) is 6.28. The Morgan fingerprint density at radius 1 is 1.26 bits per heavy atom. The molecule has 0 saturated carbocycles. The number of hydrogen-bond acceptors (Lipinski definition) is 3. The molecule has 1 aromatic heterocycles. The molecule has 2 N–H and O–H groups in total. The fourth-order valence-electron chi connectivity index (χ4n) is 2.34. The van der Waals surface area contributed by atoms with Crippen LogP contribution in [0.1, 0.15) is 23.6 Å². The summed E-state index contributed by atoms with van der Waals surface area (Å²) in [4.78, 5) is 4.13. The van der Waals surface area contributed by atoms with Crippen molar-refractivity contribution in [1.29, 1.82) is 5.26 Å². The van der Waals surface area contributed by atoms with Crippen LogP contribution in [-0.4, -0.2) is 11.5 Å². The molecule has 1 aromatic carbocycles. The van der Waals surface area contributed by atoms with Gasteiger partial charge < -0.3 is 5.73 Å². The Labute approximate surface area is 113 Å². The van der Waals surface area contributed by atoms with Gasteiger partial charge in [-0.05, 0) is 29.7 Å². The van der Waals surface area contributed by atoms with E-state index in [1.807, 2.05) is 42.6 Å². The summed E-state index contributed by atoms with van der Waals surface area (Å²) < 4.78 is 0. The van der Waals surface area contributed by atoms with Crippen molar-refractivity contribution in [3.8, 4) is 6.07 Å². The maximum atomic E-state index is 9.24. The van der Waals surface area contributed by atoms with Crippen molar-refractivity contribution in [2.45, 2.75) is 18.8 Å². The van der Waals surface area contributed by atoms with E-state index in [2.05, 4.69) is 18.0 Å². The Balaban J connectivity index is 2.40. The van der Waals surface area contributed by atoms with Crippen LogP contribution in [0, 0.1) is 11.3 Å². The Hall–Kier alpha value is -2.18. The van der Waals surface area contributed by atoms with Gasteiger partial charge in [-0.15, -0.1) is 0 Å². The average molecular weight is 251 g/mol. The number of benzene rings is 1. The van der Waals surface area contributed by atoms with E-state index < -0.39 is 0 Å². The zero-order chi connectivity index (χ0) is 13.7. The minimum atomic E-state index is -0.255. The van der Waals surface area contributed by atoms with Crippen molar-refractivity contribution >= 4 is 0 Å². The van der Waals surface area contributed by atoms with Crippen LogP contribution in [0.5, 0.6) is 0 Å². The molecule has 1 unspecified atom stereocenters. The highest BCUT2D eigenvalue weighted by Crippen LogP contribution is 2.29. The number of nitriles is 1. The number of aromatic nitrogens is 1. The highest BCUT2D eigenvalue weighted by Gasteiger charge is 2.27. The minimum absolute atomic E-state index is 0.255. The lowest BCUT2D eigenvalue weighted by Gasteiger charge is -2.29. The van der Waals surface area contributed by atoms with Gasteiger partial charge in [-0.2, -0.15) is 5.26 Å². The van der Waals surface area contributed by atoms with Crippen LogP contribution in [0.15, 0.2) is 48.8 Å². The van der Waals surface area contributed by atoms with E-state index >= 15 is 0 Å². The molecular formula is C16H17N3. The topological polar surface area (TPSA) is 62.7 Å². The number of nitrogens with zero attached hydrogens (tertiary/aromatic N) is 2. The summed E-state index contributed by atoms with van der Waals surface area (Å²) in [7, 11) is 0. The van der Waals surface area contributed by atoms with E-state index in [1.54, 1.807) is 6.20 Å². The van der Waals surface area contributed by atoms with Gasteiger partial charge in [-0.25, -0.2) is 0 Å². The van der Waals surface area contributed by atoms with Crippen molar-refractivity contribution in [3.05, 3.63) is 65.5 Å². The molecular weight excluding hydrogens is 234 g/mol. The van der Waals surface area contributed by atoms with Gasteiger partial charge in [0.15, 0.2) is 0 Å². The summed E-state index contributed by atoms with van der Waals surface area (Å²) in [5.74, 6) is 0. The monoisotopic (exact) mass is 251 g/mol. The van der Waals surface area contributed by atoms with E-state index in [-0.39, 0.29) is 5.41 Å². The molecule has 1 atom stereocenters. The van der Waals surface area contributed by atoms with Crippen LogP contribution in [0.4, 0.5) is 0 Å². The van der Waals surface area contributed by atoms with Crippen molar-refractivity contribution in [2.24, 2.45) is 5.73 Å². The average Bonchev–Trinajstić information content (AvgIpc) is 2.48. The SMILES string of the molecule is CC(CN)(Cc1cccnc1)c1ccccc1C#N. The van der Waals surface area contributed by atoms with Crippen molar-refractivity contribution < 1.29 is 0 Å². The van der Waals surface area contributed by atoms with E-state index in [9.17, 15) is 5.26 Å². The van der Waals surface area contributed by atoms with Gasteiger partial charge in [0.25, 0.3) is 0 Å². The van der Waals surface area contributed by atoms with Crippen LogP contribution < -0.4 is 5.73 Å². The Bertz CT molecular complexity index is 586. The van der Waals surface area contributed by atoms with Crippen LogP contribution in [-0.2, 0) is 11.8 Å². The molecule has 0 spiro atoms. The van der Waals surface area contributed by atoms with Gasteiger partial charge in [0.05, 0.1) is 11.6 Å². The second kappa shape index (κ2) is 5.64. The molecule has 96 valence electrons. The molecule has 3 nitrogen and oxygen atoms in total. The van der Waals surface area contributed by atoms with Crippen LogP contribution >= 0.6 is 0 Å². The number of rotatable bonds is 4. The van der Waals surface area contributed by atoms with E-state index in [0.717, 1.165) is 17.5 Å². The molecule has 1 heterocycles. The zero-order valence-electron chi connectivity index (χ0n) is 11.0. The molecule has 0 aliphatic carbocycles. The fraction of sp³-hybridized carbons (Fsp3) is 0.250. The highest BCUT2D eigenvalue weighted by atomic mass is 14.6. The van der Waals surface area contributed by atoms with Gasteiger partial charge in [-0.3, -0.25) is 4.98 Å². The van der Waals surface area contributed by atoms with Gasteiger partial charge in [-0.1, -0.05) is 31.2 Å². The first-order chi connectivity index (χ1) is 9.19. The molecule has 0 amide bonds. The van der Waals surface area contributed by atoms with Crippen molar-refractivity contribution in [1.82, 2.24) is 4.98 Å². The molecule has 2 aromatic rings. The first kappa shape index (κ1) is 13.3. The maximum Gasteiger partial charge on any atom is 0.0994 e. The third kappa shape index (κ3) is 2.81. The molecule has 3 heteroatoms. The van der Waals surface area contributed by atoms with Gasteiger partial charge in [0.2, 0.25) is 0 Å². The van der Waals surface area contributed by atoms with E-state index in [4.69, 9.17) is 5.73 Å². The molecule has 0 fully saturated rings. The molecule has 0 aliphatic rings. The Morgan fingerprint density at radius 2 is 2.05 bits per heavy atom. The maximum absolute atomic E-state index is 9.24. The van der Waals surface area contributed by atoms with Crippen LogP contribution in [0.25, 0.3) is 0 Å². The van der Waals surface area contributed by atoms with Gasteiger partial charge >= 0.3 is 0 Å². The summed E-state index contributed by atoms with van der Waals surface area (Å²) in [5, 5.41) is 9.24. The standard InChI is InChI=1S/C16H17N3/c1-16(12-18,9-13-5-4-8-19-11-13)15-7-3-2-6-14(15)10-17/h2-8,11H,9,12,18H2,1H3. The predicted molar refractivity (Wildman–Crippen MR) is 75.5 cm³/mol. The second-order valence-corrected chi connectivity index (χ2v) is 4.96. The first-order valence-electron chi connectivity index (χ1n) is 6.28. The number of pyridine rings is 1. The van der Waals surface area contributed by atoms with Crippen LogP contribution in [0.3, 0.4) is 0 Å². The summed E-state index contributed by atoms with van der Waals surface area (Å²) in [6, 6.07) is 13.9. The van der Waals surface area contributed by atoms with E-state index in [0.29, 0.717) is 12.1 Å². The lowest BCUT2D eigenvalue weighted by atomic mass is 9.76. The van der Waals surface area contributed by atoms with Crippen molar-refractivity contribution in [2.75, 3.05) is 6.54 Å². The Kier molecular flexibility index (Phi) is 3.94. The smallest absolute Gasteiger partial charge is 0.0994 e.